The summed E-state index contributed by atoms with van der Waals surface area (Å²) in [7, 11) is 0. The first kappa shape index (κ1) is 17.4. The zero-order valence-electron chi connectivity index (χ0n) is 11.4. The lowest BCUT2D eigenvalue weighted by molar-refractivity contribution is -0.174. The Labute approximate surface area is 120 Å². The lowest BCUT2D eigenvalue weighted by atomic mass is 10.1. The number of alkyl halides is 3. The normalized spacial score (nSPS) is 11.4. The molecule has 0 aliphatic carbocycles. The summed E-state index contributed by atoms with van der Waals surface area (Å²) in [5, 5.41) is 2.59. The van der Waals surface area contributed by atoms with Gasteiger partial charge in [0.25, 0.3) is 0 Å². The van der Waals surface area contributed by atoms with Crippen LogP contribution in [0.2, 0.25) is 0 Å². The van der Waals surface area contributed by atoms with E-state index in [0.717, 1.165) is 5.56 Å². The minimum absolute atomic E-state index is 0.0578. The van der Waals surface area contributed by atoms with Crippen LogP contribution in [-0.2, 0) is 16.0 Å². The fraction of sp³-hybridized carbons (Fsp3) is 0.500. The quantitative estimate of drug-likeness (QED) is 0.592. The molecule has 0 fully saturated rings. The molecule has 3 nitrogen and oxygen atoms in total. The predicted octanol–water partition coefficient (Wildman–Crippen LogP) is 2.84. The van der Waals surface area contributed by atoms with Gasteiger partial charge in [0.1, 0.15) is 12.4 Å². The van der Waals surface area contributed by atoms with E-state index in [0.29, 0.717) is 12.8 Å². The van der Waals surface area contributed by atoms with Crippen LogP contribution in [-0.4, -0.2) is 31.8 Å². The Morgan fingerprint density at radius 3 is 2.48 bits per heavy atom. The third-order valence-corrected chi connectivity index (χ3v) is 2.61. The van der Waals surface area contributed by atoms with Gasteiger partial charge in [-0.15, -0.1) is 0 Å². The van der Waals surface area contributed by atoms with Gasteiger partial charge >= 0.3 is 6.18 Å². The number of hydrogen-bond acceptors (Lipinski definition) is 2. The lowest BCUT2D eigenvalue weighted by Crippen LogP contribution is -2.26. The Bertz CT molecular complexity index is 432. The van der Waals surface area contributed by atoms with E-state index in [9.17, 15) is 22.4 Å². The van der Waals surface area contributed by atoms with Crippen LogP contribution in [0.25, 0.3) is 0 Å². The molecule has 1 N–H and O–H groups in total. The molecule has 0 spiro atoms. The number of carbonyl (C=O) groups is 1. The Kier molecular flexibility index (Phi) is 7.14. The molecule has 0 bridgehead atoms. The molecule has 0 saturated heterocycles. The highest BCUT2D eigenvalue weighted by molar-refractivity contribution is 5.76. The van der Waals surface area contributed by atoms with E-state index >= 15 is 0 Å². The van der Waals surface area contributed by atoms with Gasteiger partial charge in [0, 0.05) is 19.6 Å². The van der Waals surface area contributed by atoms with Crippen LogP contribution in [0.1, 0.15) is 18.4 Å². The van der Waals surface area contributed by atoms with Crippen molar-refractivity contribution in [2.24, 2.45) is 0 Å². The molecular formula is C14H17F4NO2. The lowest BCUT2D eigenvalue weighted by Gasteiger charge is -2.08. The van der Waals surface area contributed by atoms with Crippen LogP contribution in [0.4, 0.5) is 17.6 Å². The predicted molar refractivity (Wildman–Crippen MR) is 69.2 cm³/mol. The second kappa shape index (κ2) is 8.61. The Balaban J connectivity index is 2.05. The van der Waals surface area contributed by atoms with E-state index in [1.54, 1.807) is 12.1 Å². The van der Waals surface area contributed by atoms with E-state index in [-0.39, 0.29) is 31.3 Å². The summed E-state index contributed by atoms with van der Waals surface area (Å²) < 4.78 is 52.4. The number of carbonyl (C=O) groups excluding carboxylic acids is 1. The smallest absolute Gasteiger partial charge is 0.372 e. The summed E-state index contributed by atoms with van der Waals surface area (Å²) in [4.78, 5) is 11.5. The highest BCUT2D eigenvalue weighted by atomic mass is 19.4. The third kappa shape index (κ3) is 9.01. The van der Waals surface area contributed by atoms with Crippen LogP contribution < -0.4 is 5.32 Å². The molecule has 0 aromatic heterocycles. The maximum Gasteiger partial charge on any atom is 0.411 e. The van der Waals surface area contributed by atoms with E-state index in [4.69, 9.17) is 0 Å². The molecule has 1 aromatic carbocycles. The number of rotatable bonds is 8. The first-order valence-corrected chi connectivity index (χ1v) is 6.52. The van der Waals surface area contributed by atoms with Gasteiger partial charge in [-0.05, 0) is 30.5 Å². The molecule has 118 valence electrons. The summed E-state index contributed by atoms with van der Waals surface area (Å²) in [6.07, 6.45) is -3.28. The van der Waals surface area contributed by atoms with Gasteiger partial charge in [0.2, 0.25) is 5.91 Å². The molecule has 7 heteroatoms. The monoisotopic (exact) mass is 307 g/mol. The zero-order chi connectivity index (χ0) is 15.7. The summed E-state index contributed by atoms with van der Waals surface area (Å²) in [5.41, 5.74) is 0.847. The average Bonchev–Trinajstić information content (AvgIpc) is 2.41. The molecule has 1 aromatic rings. The minimum atomic E-state index is -4.32. The third-order valence-electron chi connectivity index (χ3n) is 2.61. The van der Waals surface area contributed by atoms with Crippen molar-refractivity contribution in [1.29, 1.82) is 0 Å². The Hall–Kier alpha value is -1.63. The molecule has 0 radical (unpaired) electrons. The number of hydrogen-bond donors (Lipinski definition) is 1. The molecular weight excluding hydrogens is 290 g/mol. The Morgan fingerprint density at radius 1 is 1.19 bits per heavy atom. The van der Waals surface area contributed by atoms with Crippen molar-refractivity contribution < 1.29 is 27.1 Å². The SMILES string of the molecule is O=C(CCc1ccc(F)cc1)NCCCOCC(F)(F)F. The van der Waals surface area contributed by atoms with Gasteiger partial charge < -0.3 is 10.1 Å². The molecule has 0 saturated carbocycles. The van der Waals surface area contributed by atoms with Gasteiger partial charge in [-0.2, -0.15) is 13.2 Å². The summed E-state index contributed by atoms with van der Waals surface area (Å²) in [6.45, 7) is -1.07. The Morgan fingerprint density at radius 2 is 1.86 bits per heavy atom. The number of halogens is 4. The second-order valence-electron chi connectivity index (χ2n) is 4.50. The van der Waals surface area contributed by atoms with E-state index in [1.807, 2.05) is 0 Å². The molecule has 0 unspecified atom stereocenters. The highest BCUT2D eigenvalue weighted by Crippen LogP contribution is 2.14. The molecule has 0 aliphatic heterocycles. The summed E-state index contributed by atoms with van der Waals surface area (Å²) >= 11 is 0. The minimum Gasteiger partial charge on any atom is -0.372 e. The van der Waals surface area contributed by atoms with Crippen molar-refractivity contribution in [2.45, 2.75) is 25.4 Å². The molecule has 0 atom stereocenters. The highest BCUT2D eigenvalue weighted by Gasteiger charge is 2.27. The summed E-state index contributed by atoms with van der Waals surface area (Å²) in [5.74, 6) is -0.530. The largest absolute Gasteiger partial charge is 0.411 e. The number of aryl methyl sites for hydroxylation is 1. The average molecular weight is 307 g/mol. The van der Waals surface area contributed by atoms with Crippen LogP contribution in [0, 0.1) is 5.82 Å². The topological polar surface area (TPSA) is 38.3 Å². The standard InChI is InChI=1S/C14H17F4NO2/c15-12-5-2-11(3-6-12)4-7-13(20)19-8-1-9-21-10-14(16,17)18/h2-3,5-6H,1,4,7-10H2,(H,19,20). The van der Waals surface area contributed by atoms with Crippen LogP contribution in [0.3, 0.4) is 0 Å². The maximum absolute atomic E-state index is 12.7. The fourth-order valence-corrected chi connectivity index (χ4v) is 1.59. The number of nitrogens with one attached hydrogen (secondary N) is 1. The molecule has 1 rings (SSSR count). The second-order valence-corrected chi connectivity index (χ2v) is 4.50. The molecule has 0 heterocycles. The first-order chi connectivity index (χ1) is 9.87. The van der Waals surface area contributed by atoms with Crippen molar-refractivity contribution in [3.8, 4) is 0 Å². The maximum atomic E-state index is 12.7. The van der Waals surface area contributed by atoms with Gasteiger partial charge in [-0.25, -0.2) is 4.39 Å². The number of benzene rings is 1. The fourth-order valence-electron chi connectivity index (χ4n) is 1.59. The van der Waals surface area contributed by atoms with Crippen molar-refractivity contribution in [2.75, 3.05) is 19.8 Å². The van der Waals surface area contributed by atoms with E-state index < -0.39 is 12.8 Å². The number of amides is 1. The molecule has 21 heavy (non-hydrogen) atoms. The van der Waals surface area contributed by atoms with Crippen molar-refractivity contribution >= 4 is 5.91 Å². The van der Waals surface area contributed by atoms with Crippen LogP contribution in [0.5, 0.6) is 0 Å². The van der Waals surface area contributed by atoms with E-state index in [1.165, 1.54) is 12.1 Å². The van der Waals surface area contributed by atoms with Gasteiger partial charge in [0.15, 0.2) is 0 Å². The van der Waals surface area contributed by atoms with E-state index in [2.05, 4.69) is 10.1 Å². The van der Waals surface area contributed by atoms with Crippen molar-refractivity contribution in [1.82, 2.24) is 5.32 Å². The number of ether oxygens (including phenoxy) is 1. The van der Waals surface area contributed by atoms with Crippen molar-refractivity contribution in [3.63, 3.8) is 0 Å². The van der Waals surface area contributed by atoms with Gasteiger partial charge in [-0.1, -0.05) is 12.1 Å². The van der Waals surface area contributed by atoms with Gasteiger partial charge in [-0.3, -0.25) is 4.79 Å². The molecule has 0 aliphatic rings. The van der Waals surface area contributed by atoms with Gasteiger partial charge in [0.05, 0.1) is 0 Å². The molecule has 1 amide bonds. The van der Waals surface area contributed by atoms with Crippen molar-refractivity contribution in [3.05, 3.63) is 35.6 Å². The van der Waals surface area contributed by atoms with Crippen LogP contribution in [0.15, 0.2) is 24.3 Å². The summed E-state index contributed by atoms with van der Waals surface area (Å²) in [6, 6.07) is 5.86. The zero-order valence-corrected chi connectivity index (χ0v) is 11.4. The first-order valence-electron chi connectivity index (χ1n) is 6.52. The van der Waals surface area contributed by atoms with Crippen LogP contribution >= 0.6 is 0 Å².